The highest BCUT2D eigenvalue weighted by Gasteiger charge is 2.35. The van der Waals surface area contributed by atoms with Gasteiger partial charge in [0.05, 0.1) is 18.9 Å². The van der Waals surface area contributed by atoms with Crippen LogP contribution in [0.5, 0.6) is 0 Å². The minimum atomic E-state index is -0.942. The second-order valence-corrected chi connectivity index (χ2v) is 4.13. The molecule has 0 bridgehead atoms. The number of amides is 1. The summed E-state index contributed by atoms with van der Waals surface area (Å²) < 4.78 is 4.39. The van der Waals surface area contributed by atoms with Crippen LogP contribution < -0.4 is 5.32 Å². The fraction of sp³-hybridized carbons (Fsp3) is 0.727. The number of carboxylic acid groups (broad SMARTS) is 1. The number of ether oxygens (including phenoxy) is 1. The van der Waals surface area contributed by atoms with Gasteiger partial charge >= 0.3 is 11.9 Å². The lowest BCUT2D eigenvalue weighted by molar-refractivity contribution is -0.149. The van der Waals surface area contributed by atoms with Crippen molar-refractivity contribution >= 4 is 17.8 Å². The molecule has 1 saturated carbocycles. The molecule has 0 aliphatic heterocycles. The van der Waals surface area contributed by atoms with E-state index in [-0.39, 0.29) is 12.5 Å². The Morgan fingerprint density at radius 3 is 2.35 bits per heavy atom. The van der Waals surface area contributed by atoms with Crippen molar-refractivity contribution in [2.24, 2.45) is 11.8 Å². The first-order valence-corrected chi connectivity index (χ1v) is 5.63. The zero-order chi connectivity index (χ0) is 12.8. The van der Waals surface area contributed by atoms with Gasteiger partial charge in [0.2, 0.25) is 5.91 Å². The molecule has 0 aromatic heterocycles. The molecular weight excluding hydrogens is 226 g/mol. The summed E-state index contributed by atoms with van der Waals surface area (Å²) in [6.45, 7) is -0.210. The Kier molecular flexibility index (Phi) is 4.93. The van der Waals surface area contributed by atoms with Crippen LogP contribution in [0.3, 0.4) is 0 Å². The van der Waals surface area contributed by atoms with E-state index in [0.29, 0.717) is 12.8 Å². The van der Waals surface area contributed by atoms with E-state index in [9.17, 15) is 14.4 Å². The van der Waals surface area contributed by atoms with Crippen LogP contribution in [0, 0.1) is 11.8 Å². The van der Waals surface area contributed by atoms with Crippen molar-refractivity contribution < 1.29 is 24.2 Å². The van der Waals surface area contributed by atoms with Crippen LogP contribution in [0.4, 0.5) is 0 Å². The number of hydrogen-bond acceptors (Lipinski definition) is 4. The van der Waals surface area contributed by atoms with Gasteiger partial charge in [0, 0.05) is 0 Å². The molecule has 6 heteroatoms. The van der Waals surface area contributed by atoms with Crippen molar-refractivity contribution in [1.82, 2.24) is 5.32 Å². The molecule has 0 aromatic rings. The average molecular weight is 243 g/mol. The number of carbonyl (C=O) groups is 3. The second kappa shape index (κ2) is 6.22. The third kappa shape index (κ3) is 3.72. The minimum Gasteiger partial charge on any atom is -0.481 e. The summed E-state index contributed by atoms with van der Waals surface area (Å²) in [5, 5.41) is 11.4. The molecule has 17 heavy (non-hydrogen) atoms. The van der Waals surface area contributed by atoms with Crippen LogP contribution in [0.15, 0.2) is 0 Å². The predicted octanol–water partition coefficient (Wildman–Crippen LogP) is 0.167. The summed E-state index contributed by atoms with van der Waals surface area (Å²) in [5.41, 5.74) is 0. The van der Waals surface area contributed by atoms with Crippen LogP contribution in [0.1, 0.15) is 25.7 Å². The van der Waals surface area contributed by atoms with E-state index in [4.69, 9.17) is 5.11 Å². The number of methoxy groups -OCH3 is 1. The highest BCUT2D eigenvalue weighted by Crippen LogP contribution is 2.30. The first-order chi connectivity index (χ1) is 8.06. The smallest absolute Gasteiger partial charge is 0.325 e. The maximum Gasteiger partial charge on any atom is 0.325 e. The summed E-state index contributed by atoms with van der Waals surface area (Å²) in [4.78, 5) is 33.6. The van der Waals surface area contributed by atoms with Crippen molar-refractivity contribution in [3.05, 3.63) is 0 Å². The second-order valence-electron chi connectivity index (χ2n) is 4.13. The Bertz CT molecular complexity index is 315. The maximum atomic E-state index is 11.8. The van der Waals surface area contributed by atoms with Crippen molar-refractivity contribution in [3.63, 3.8) is 0 Å². The van der Waals surface area contributed by atoms with Crippen LogP contribution >= 0.6 is 0 Å². The molecule has 6 nitrogen and oxygen atoms in total. The molecule has 96 valence electrons. The van der Waals surface area contributed by atoms with E-state index in [0.717, 1.165) is 12.8 Å². The zero-order valence-electron chi connectivity index (χ0n) is 9.77. The molecular formula is C11H17NO5. The van der Waals surface area contributed by atoms with Crippen LogP contribution in [0.2, 0.25) is 0 Å². The van der Waals surface area contributed by atoms with E-state index >= 15 is 0 Å². The number of hydrogen-bond donors (Lipinski definition) is 2. The molecule has 0 saturated heterocycles. The highest BCUT2D eigenvalue weighted by molar-refractivity contribution is 5.87. The van der Waals surface area contributed by atoms with Gasteiger partial charge in [0.25, 0.3) is 0 Å². The molecule has 0 aromatic carbocycles. The van der Waals surface area contributed by atoms with E-state index in [1.807, 2.05) is 0 Å². The normalized spacial score (nSPS) is 23.8. The quantitative estimate of drug-likeness (QED) is 0.686. The third-order valence-electron chi connectivity index (χ3n) is 3.05. The molecule has 1 aliphatic carbocycles. The van der Waals surface area contributed by atoms with Crippen molar-refractivity contribution in [3.8, 4) is 0 Å². The van der Waals surface area contributed by atoms with Gasteiger partial charge in [0.15, 0.2) is 0 Å². The fourth-order valence-electron chi connectivity index (χ4n) is 2.10. The number of aliphatic carboxylic acids is 1. The van der Waals surface area contributed by atoms with Gasteiger partial charge in [-0.2, -0.15) is 0 Å². The van der Waals surface area contributed by atoms with Crippen LogP contribution in [-0.2, 0) is 19.1 Å². The van der Waals surface area contributed by atoms with Gasteiger partial charge in [-0.15, -0.1) is 0 Å². The van der Waals surface area contributed by atoms with E-state index < -0.39 is 23.8 Å². The van der Waals surface area contributed by atoms with Gasteiger partial charge in [-0.25, -0.2) is 0 Å². The van der Waals surface area contributed by atoms with E-state index in [1.165, 1.54) is 7.11 Å². The Morgan fingerprint density at radius 2 is 1.82 bits per heavy atom. The lowest BCUT2D eigenvalue weighted by Crippen LogP contribution is -2.41. The largest absolute Gasteiger partial charge is 0.481 e. The standard InChI is InChI=1S/C11H17NO5/c1-17-9(13)6-12-10(14)7-4-2-3-5-8(7)11(15)16/h7-8H,2-6H2,1H3,(H,12,14)(H,15,16)/t7-,8+/m1/s1. The van der Waals surface area contributed by atoms with Crippen LogP contribution in [-0.4, -0.2) is 36.6 Å². The molecule has 1 rings (SSSR count). The molecule has 2 N–H and O–H groups in total. The number of carboxylic acids is 1. The summed E-state index contributed by atoms with van der Waals surface area (Å²) in [7, 11) is 1.23. The molecule has 0 spiro atoms. The number of rotatable bonds is 4. The number of carbonyl (C=O) groups excluding carboxylic acids is 2. The van der Waals surface area contributed by atoms with Gasteiger partial charge in [-0.3, -0.25) is 14.4 Å². The summed E-state index contributed by atoms with van der Waals surface area (Å²) in [6, 6.07) is 0. The van der Waals surface area contributed by atoms with E-state index in [1.54, 1.807) is 0 Å². The predicted molar refractivity (Wildman–Crippen MR) is 58.1 cm³/mol. The zero-order valence-corrected chi connectivity index (χ0v) is 9.77. The first-order valence-electron chi connectivity index (χ1n) is 5.63. The Hall–Kier alpha value is -1.59. The number of nitrogens with one attached hydrogen (secondary N) is 1. The Balaban J connectivity index is 2.53. The van der Waals surface area contributed by atoms with Crippen LogP contribution in [0.25, 0.3) is 0 Å². The van der Waals surface area contributed by atoms with Gasteiger partial charge < -0.3 is 15.2 Å². The molecule has 1 fully saturated rings. The summed E-state index contributed by atoms with van der Waals surface area (Å²) in [5.74, 6) is -3.03. The maximum absolute atomic E-state index is 11.8. The highest BCUT2D eigenvalue weighted by atomic mass is 16.5. The van der Waals surface area contributed by atoms with Crippen molar-refractivity contribution in [2.45, 2.75) is 25.7 Å². The molecule has 0 radical (unpaired) electrons. The lowest BCUT2D eigenvalue weighted by atomic mass is 9.79. The lowest BCUT2D eigenvalue weighted by Gasteiger charge is -2.27. The topological polar surface area (TPSA) is 92.7 Å². The average Bonchev–Trinajstić information content (AvgIpc) is 2.35. The SMILES string of the molecule is COC(=O)CNC(=O)[C@@H]1CCCC[C@@H]1C(=O)O. The third-order valence-corrected chi connectivity index (χ3v) is 3.05. The van der Waals surface area contributed by atoms with Gasteiger partial charge in [-0.1, -0.05) is 12.8 Å². The molecule has 1 aliphatic rings. The van der Waals surface area contributed by atoms with Gasteiger partial charge in [-0.05, 0) is 12.8 Å². The van der Waals surface area contributed by atoms with E-state index in [2.05, 4.69) is 10.1 Å². The molecule has 0 heterocycles. The van der Waals surface area contributed by atoms with Gasteiger partial charge in [0.1, 0.15) is 6.54 Å². The molecule has 2 atom stereocenters. The Labute approximate surface area is 99.3 Å². The molecule has 1 amide bonds. The summed E-state index contributed by atoms with van der Waals surface area (Å²) in [6.07, 6.45) is 2.76. The first kappa shape index (κ1) is 13.5. The monoisotopic (exact) mass is 243 g/mol. The minimum absolute atomic E-state index is 0.210. The fourth-order valence-corrected chi connectivity index (χ4v) is 2.10. The summed E-state index contributed by atoms with van der Waals surface area (Å²) >= 11 is 0. The Morgan fingerprint density at radius 1 is 1.24 bits per heavy atom. The number of esters is 1. The van der Waals surface area contributed by atoms with Crippen molar-refractivity contribution in [1.29, 1.82) is 0 Å². The molecule has 0 unspecified atom stereocenters. The van der Waals surface area contributed by atoms with Crippen molar-refractivity contribution in [2.75, 3.05) is 13.7 Å².